The van der Waals surface area contributed by atoms with Crippen molar-refractivity contribution in [3.8, 4) is 0 Å². The molecular formula is C13H19BrN2OS2. The van der Waals surface area contributed by atoms with Gasteiger partial charge in [0.05, 0.1) is 14.2 Å². The highest BCUT2D eigenvalue weighted by Crippen LogP contribution is 2.27. The van der Waals surface area contributed by atoms with E-state index in [-0.39, 0.29) is 10.9 Å². The zero-order valence-corrected chi connectivity index (χ0v) is 14.4. The van der Waals surface area contributed by atoms with Crippen LogP contribution >= 0.6 is 39.5 Å². The fourth-order valence-corrected chi connectivity index (χ4v) is 3.85. The van der Waals surface area contributed by atoms with Gasteiger partial charge in [0.1, 0.15) is 0 Å². The number of nitrogens with one attached hydrogen (secondary N) is 1. The van der Waals surface area contributed by atoms with Crippen molar-refractivity contribution in [1.29, 1.82) is 0 Å². The summed E-state index contributed by atoms with van der Waals surface area (Å²) in [7, 11) is 0. The van der Waals surface area contributed by atoms with E-state index < -0.39 is 5.41 Å². The van der Waals surface area contributed by atoms with Gasteiger partial charge in [0.2, 0.25) is 5.91 Å². The highest BCUT2D eigenvalue weighted by Gasteiger charge is 2.37. The molecule has 3 N–H and O–H groups in total. The first kappa shape index (κ1) is 16.6. The molecule has 0 saturated heterocycles. The Morgan fingerprint density at radius 1 is 1.47 bits per heavy atom. The lowest BCUT2D eigenvalue weighted by Gasteiger charge is -2.28. The number of rotatable bonds is 7. The molecule has 0 radical (unpaired) electrons. The molecule has 19 heavy (non-hydrogen) atoms. The number of hydrogen-bond acceptors (Lipinski definition) is 3. The quantitative estimate of drug-likeness (QED) is 0.731. The highest BCUT2D eigenvalue weighted by molar-refractivity contribution is 9.11. The Hall–Kier alpha value is -0.460. The van der Waals surface area contributed by atoms with Crippen LogP contribution in [0.1, 0.15) is 31.6 Å². The molecule has 0 aliphatic heterocycles. The van der Waals surface area contributed by atoms with Crippen molar-refractivity contribution in [3.63, 3.8) is 0 Å². The Morgan fingerprint density at radius 3 is 2.53 bits per heavy atom. The number of carbonyl (C=O) groups is 1. The standard InChI is InChI=1S/C13H19BrN2OS2/c1-3-13(4-2,11(15)18)12(17)16-8-7-9-5-6-10(14)19-9/h5-6H,3-4,7-8H2,1-2H3,(H2,15,18)(H,16,17). The zero-order chi connectivity index (χ0) is 14.5. The van der Waals surface area contributed by atoms with Crippen molar-refractivity contribution in [2.24, 2.45) is 11.1 Å². The van der Waals surface area contributed by atoms with E-state index in [1.54, 1.807) is 11.3 Å². The third-order valence-corrected chi connectivity index (χ3v) is 5.47. The van der Waals surface area contributed by atoms with Crippen LogP contribution in [-0.4, -0.2) is 17.4 Å². The summed E-state index contributed by atoms with van der Waals surface area (Å²) >= 11 is 10.2. The van der Waals surface area contributed by atoms with E-state index in [1.807, 2.05) is 19.9 Å². The lowest BCUT2D eigenvalue weighted by atomic mass is 9.81. The average Bonchev–Trinajstić information content (AvgIpc) is 2.77. The van der Waals surface area contributed by atoms with Crippen LogP contribution in [-0.2, 0) is 11.2 Å². The molecule has 1 heterocycles. The van der Waals surface area contributed by atoms with E-state index in [4.69, 9.17) is 18.0 Å². The van der Waals surface area contributed by atoms with Crippen LogP contribution in [0.2, 0.25) is 0 Å². The normalized spacial score (nSPS) is 11.3. The largest absolute Gasteiger partial charge is 0.392 e. The third kappa shape index (κ3) is 4.00. The third-order valence-electron chi connectivity index (χ3n) is 3.40. The summed E-state index contributed by atoms with van der Waals surface area (Å²) in [6, 6.07) is 4.07. The first-order valence-electron chi connectivity index (χ1n) is 6.28. The van der Waals surface area contributed by atoms with Crippen LogP contribution in [0.3, 0.4) is 0 Å². The van der Waals surface area contributed by atoms with Gasteiger partial charge in [-0.3, -0.25) is 4.79 Å². The molecule has 0 aliphatic rings. The molecule has 3 nitrogen and oxygen atoms in total. The van der Waals surface area contributed by atoms with Crippen molar-refractivity contribution in [1.82, 2.24) is 5.32 Å². The number of halogens is 1. The maximum absolute atomic E-state index is 12.3. The van der Waals surface area contributed by atoms with Crippen molar-refractivity contribution in [2.45, 2.75) is 33.1 Å². The van der Waals surface area contributed by atoms with Gasteiger partial charge in [-0.05, 0) is 47.3 Å². The Bertz CT molecular complexity index is 455. The van der Waals surface area contributed by atoms with Crippen LogP contribution in [0.15, 0.2) is 15.9 Å². The molecule has 0 aliphatic carbocycles. The van der Waals surface area contributed by atoms with Crippen LogP contribution in [0.5, 0.6) is 0 Å². The van der Waals surface area contributed by atoms with E-state index in [2.05, 4.69) is 27.3 Å². The van der Waals surface area contributed by atoms with Gasteiger partial charge in [-0.1, -0.05) is 26.1 Å². The summed E-state index contributed by atoms with van der Waals surface area (Å²) in [4.78, 5) is 13.8. The van der Waals surface area contributed by atoms with Gasteiger partial charge >= 0.3 is 0 Å². The van der Waals surface area contributed by atoms with E-state index in [0.717, 1.165) is 10.2 Å². The predicted octanol–water partition coefficient (Wildman–Crippen LogP) is 3.26. The molecule has 1 amide bonds. The lowest BCUT2D eigenvalue weighted by Crippen LogP contribution is -2.48. The van der Waals surface area contributed by atoms with E-state index in [9.17, 15) is 4.79 Å². The first-order chi connectivity index (χ1) is 8.96. The molecule has 1 aromatic rings. The Labute approximate surface area is 132 Å². The van der Waals surface area contributed by atoms with E-state index >= 15 is 0 Å². The lowest BCUT2D eigenvalue weighted by molar-refractivity contribution is -0.127. The van der Waals surface area contributed by atoms with Crippen molar-refractivity contribution in [2.75, 3.05) is 6.54 Å². The average molecular weight is 363 g/mol. The molecule has 0 saturated carbocycles. The number of thiophene rings is 1. The van der Waals surface area contributed by atoms with E-state index in [0.29, 0.717) is 19.4 Å². The fraction of sp³-hybridized carbons (Fsp3) is 0.538. The molecule has 0 aromatic carbocycles. The SMILES string of the molecule is CCC(CC)(C(=O)NCCc1ccc(Br)s1)C(N)=S. The van der Waals surface area contributed by atoms with Crippen LogP contribution < -0.4 is 11.1 Å². The van der Waals surface area contributed by atoms with Crippen molar-refractivity contribution < 1.29 is 4.79 Å². The van der Waals surface area contributed by atoms with Crippen LogP contribution in [0.4, 0.5) is 0 Å². The van der Waals surface area contributed by atoms with Crippen molar-refractivity contribution >= 4 is 50.4 Å². The Balaban J connectivity index is 2.56. The Kier molecular flexibility index (Phi) is 6.42. The fourth-order valence-electron chi connectivity index (χ4n) is 1.99. The second-order valence-electron chi connectivity index (χ2n) is 4.37. The maximum Gasteiger partial charge on any atom is 0.233 e. The minimum atomic E-state index is -0.703. The number of nitrogens with two attached hydrogens (primary N) is 1. The molecule has 0 bridgehead atoms. The molecule has 0 fully saturated rings. The summed E-state index contributed by atoms with van der Waals surface area (Å²) in [6.45, 7) is 4.49. The summed E-state index contributed by atoms with van der Waals surface area (Å²) in [6.07, 6.45) is 2.09. The number of hydrogen-bond donors (Lipinski definition) is 2. The molecule has 0 atom stereocenters. The van der Waals surface area contributed by atoms with Crippen molar-refractivity contribution in [3.05, 3.63) is 20.8 Å². The first-order valence-corrected chi connectivity index (χ1v) is 8.30. The van der Waals surface area contributed by atoms with Gasteiger partial charge in [-0.25, -0.2) is 0 Å². The topological polar surface area (TPSA) is 55.1 Å². The zero-order valence-electron chi connectivity index (χ0n) is 11.2. The summed E-state index contributed by atoms with van der Waals surface area (Å²) in [5.41, 5.74) is 5.04. The van der Waals surface area contributed by atoms with Gasteiger partial charge in [-0.15, -0.1) is 11.3 Å². The molecular weight excluding hydrogens is 344 g/mol. The van der Waals surface area contributed by atoms with Gasteiger partial charge in [-0.2, -0.15) is 0 Å². The highest BCUT2D eigenvalue weighted by atomic mass is 79.9. The Morgan fingerprint density at radius 2 is 2.11 bits per heavy atom. The molecule has 1 aromatic heterocycles. The molecule has 106 valence electrons. The molecule has 0 spiro atoms. The van der Waals surface area contributed by atoms with E-state index in [1.165, 1.54) is 4.88 Å². The molecule has 1 rings (SSSR count). The molecule has 0 unspecified atom stereocenters. The van der Waals surface area contributed by atoms with Gasteiger partial charge in [0, 0.05) is 11.4 Å². The second kappa shape index (κ2) is 7.36. The van der Waals surface area contributed by atoms with Gasteiger partial charge < -0.3 is 11.1 Å². The van der Waals surface area contributed by atoms with Gasteiger partial charge in [0.15, 0.2) is 0 Å². The van der Waals surface area contributed by atoms with Gasteiger partial charge in [0.25, 0.3) is 0 Å². The summed E-state index contributed by atoms with van der Waals surface area (Å²) < 4.78 is 1.11. The molecule has 6 heteroatoms. The minimum absolute atomic E-state index is 0.0550. The monoisotopic (exact) mass is 362 g/mol. The maximum atomic E-state index is 12.3. The minimum Gasteiger partial charge on any atom is -0.392 e. The summed E-state index contributed by atoms with van der Waals surface area (Å²) in [5, 5.41) is 2.95. The number of thiocarbonyl (C=S) groups is 1. The van der Waals surface area contributed by atoms with Crippen LogP contribution in [0, 0.1) is 5.41 Å². The summed E-state index contributed by atoms with van der Waals surface area (Å²) in [5.74, 6) is -0.0550. The number of amides is 1. The predicted molar refractivity (Wildman–Crippen MR) is 88.5 cm³/mol. The number of carbonyl (C=O) groups excluding carboxylic acids is 1. The smallest absolute Gasteiger partial charge is 0.233 e. The van der Waals surface area contributed by atoms with Crippen LogP contribution in [0.25, 0.3) is 0 Å². The second-order valence-corrected chi connectivity index (χ2v) is 7.35.